The Kier molecular flexibility index (Phi) is 5.39. The summed E-state index contributed by atoms with van der Waals surface area (Å²) < 4.78 is 5.83. The Hall–Kier alpha value is -2.40. The number of carboxylic acids is 1. The van der Waals surface area contributed by atoms with E-state index in [2.05, 4.69) is 22.0 Å². The predicted molar refractivity (Wildman–Crippen MR) is 102 cm³/mol. The highest BCUT2D eigenvalue weighted by Crippen LogP contribution is 2.40. The molecule has 27 heavy (non-hydrogen) atoms. The number of hydrogen-bond acceptors (Lipinski definition) is 4. The maximum Gasteiger partial charge on any atom is 0.320 e. The molecule has 2 aliphatic rings. The van der Waals surface area contributed by atoms with Gasteiger partial charge in [0.15, 0.2) is 0 Å². The molecule has 1 aromatic carbocycles. The fourth-order valence-corrected chi connectivity index (χ4v) is 4.57. The molecule has 2 aromatic rings. The standard InChI is InChI=1S/C22H26N2O3/c25-22(26)21-13-18-3-1-2-4-20(18)24(21)14-16-5-7-19(8-6-16)27-15-17-9-11-23-12-10-17/h5-12,18,20-21H,1-4,13-15H2,(H,25,26). The Labute approximate surface area is 160 Å². The quantitative estimate of drug-likeness (QED) is 0.841. The number of rotatable bonds is 6. The first-order chi connectivity index (χ1) is 13.2. The molecule has 1 saturated heterocycles. The lowest BCUT2D eigenvalue weighted by molar-refractivity contribution is -0.142. The molecule has 2 heterocycles. The van der Waals surface area contributed by atoms with Crippen LogP contribution in [0.3, 0.4) is 0 Å². The van der Waals surface area contributed by atoms with Crippen molar-refractivity contribution in [3.63, 3.8) is 0 Å². The van der Waals surface area contributed by atoms with Gasteiger partial charge in [0, 0.05) is 25.0 Å². The zero-order valence-electron chi connectivity index (χ0n) is 15.5. The highest BCUT2D eigenvalue weighted by atomic mass is 16.5. The Balaban J connectivity index is 1.40. The van der Waals surface area contributed by atoms with Gasteiger partial charge in [-0.3, -0.25) is 14.7 Å². The third kappa shape index (κ3) is 4.14. The van der Waals surface area contributed by atoms with Crippen LogP contribution in [-0.4, -0.2) is 33.0 Å². The summed E-state index contributed by atoms with van der Waals surface area (Å²) in [6, 6.07) is 12.0. The van der Waals surface area contributed by atoms with Crippen LogP contribution in [0.4, 0.5) is 0 Å². The van der Waals surface area contributed by atoms with Gasteiger partial charge < -0.3 is 9.84 Å². The average Bonchev–Trinajstić information content (AvgIpc) is 3.07. The summed E-state index contributed by atoms with van der Waals surface area (Å²) in [6.07, 6.45) is 9.07. The number of nitrogens with zero attached hydrogens (tertiary/aromatic N) is 2. The van der Waals surface area contributed by atoms with Crippen molar-refractivity contribution in [3.05, 3.63) is 59.9 Å². The molecule has 2 fully saturated rings. The van der Waals surface area contributed by atoms with Crippen molar-refractivity contribution in [3.8, 4) is 5.75 Å². The molecule has 0 spiro atoms. The first-order valence-electron chi connectivity index (χ1n) is 9.80. The Morgan fingerprint density at radius 1 is 1.07 bits per heavy atom. The Morgan fingerprint density at radius 2 is 1.81 bits per heavy atom. The minimum Gasteiger partial charge on any atom is -0.489 e. The van der Waals surface area contributed by atoms with Crippen LogP contribution in [0.25, 0.3) is 0 Å². The second kappa shape index (κ2) is 8.09. The second-order valence-corrected chi connectivity index (χ2v) is 7.66. The molecule has 142 valence electrons. The Bertz CT molecular complexity index is 763. The lowest BCUT2D eigenvalue weighted by atomic mass is 9.84. The van der Waals surface area contributed by atoms with E-state index in [9.17, 15) is 9.90 Å². The van der Waals surface area contributed by atoms with Gasteiger partial charge in [-0.25, -0.2) is 0 Å². The smallest absolute Gasteiger partial charge is 0.320 e. The first kappa shape index (κ1) is 18.0. The number of aliphatic carboxylic acids is 1. The zero-order valence-corrected chi connectivity index (χ0v) is 15.5. The van der Waals surface area contributed by atoms with E-state index in [0.717, 1.165) is 29.7 Å². The molecule has 3 atom stereocenters. The second-order valence-electron chi connectivity index (χ2n) is 7.66. The highest BCUT2D eigenvalue weighted by Gasteiger charge is 2.44. The van der Waals surface area contributed by atoms with Gasteiger partial charge in [0.05, 0.1) is 0 Å². The maximum atomic E-state index is 11.8. The summed E-state index contributed by atoms with van der Waals surface area (Å²) in [7, 11) is 0. The molecule has 1 aliphatic carbocycles. The highest BCUT2D eigenvalue weighted by molar-refractivity contribution is 5.74. The molecule has 1 N–H and O–H groups in total. The van der Waals surface area contributed by atoms with Gasteiger partial charge in [0.2, 0.25) is 0 Å². The van der Waals surface area contributed by atoms with Gasteiger partial charge in [-0.1, -0.05) is 25.0 Å². The minimum atomic E-state index is -0.679. The molecule has 0 amide bonds. The predicted octanol–water partition coefficient (Wildman–Crippen LogP) is 3.88. The van der Waals surface area contributed by atoms with Crippen LogP contribution in [0.5, 0.6) is 5.75 Å². The zero-order chi connectivity index (χ0) is 18.6. The number of benzene rings is 1. The van der Waals surface area contributed by atoms with Crippen molar-refractivity contribution in [1.82, 2.24) is 9.88 Å². The maximum absolute atomic E-state index is 11.8. The van der Waals surface area contributed by atoms with Gasteiger partial charge in [-0.15, -0.1) is 0 Å². The monoisotopic (exact) mass is 366 g/mol. The number of carbonyl (C=O) groups is 1. The lowest BCUT2D eigenvalue weighted by Gasteiger charge is -2.33. The van der Waals surface area contributed by atoms with Crippen molar-refractivity contribution in [2.24, 2.45) is 5.92 Å². The number of fused-ring (bicyclic) bond motifs is 1. The van der Waals surface area contributed by atoms with Gasteiger partial charge in [0.1, 0.15) is 18.4 Å². The summed E-state index contributed by atoms with van der Waals surface area (Å²) in [5, 5.41) is 9.66. The normalized spacial score (nSPS) is 25.1. The average molecular weight is 366 g/mol. The molecule has 5 nitrogen and oxygen atoms in total. The van der Waals surface area contributed by atoms with Crippen LogP contribution in [0.2, 0.25) is 0 Å². The first-order valence-corrected chi connectivity index (χ1v) is 9.80. The van der Waals surface area contributed by atoms with Gasteiger partial charge in [-0.2, -0.15) is 0 Å². The van der Waals surface area contributed by atoms with Gasteiger partial charge >= 0.3 is 5.97 Å². The lowest BCUT2D eigenvalue weighted by Crippen LogP contribution is -2.41. The van der Waals surface area contributed by atoms with Crippen LogP contribution in [0.15, 0.2) is 48.8 Å². The van der Waals surface area contributed by atoms with Crippen molar-refractivity contribution in [2.75, 3.05) is 0 Å². The summed E-state index contributed by atoms with van der Waals surface area (Å²) >= 11 is 0. The molecular weight excluding hydrogens is 340 g/mol. The number of aromatic nitrogens is 1. The van der Waals surface area contributed by atoms with Crippen LogP contribution < -0.4 is 4.74 Å². The van der Waals surface area contributed by atoms with Gasteiger partial charge in [0.25, 0.3) is 0 Å². The van der Waals surface area contributed by atoms with E-state index < -0.39 is 5.97 Å². The topological polar surface area (TPSA) is 62.7 Å². The summed E-state index contributed by atoms with van der Waals surface area (Å²) in [4.78, 5) is 18.0. The van der Waals surface area contributed by atoms with Crippen LogP contribution >= 0.6 is 0 Å². The number of hydrogen-bond donors (Lipinski definition) is 1. The van der Waals surface area contributed by atoms with E-state index in [1.54, 1.807) is 12.4 Å². The van der Waals surface area contributed by atoms with E-state index in [-0.39, 0.29) is 6.04 Å². The van der Waals surface area contributed by atoms with Crippen molar-refractivity contribution < 1.29 is 14.6 Å². The molecule has 1 aliphatic heterocycles. The van der Waals surface area contributed by atoms with E-state index in [4.69, 9.17) is 4.74 Å². The van der Waals surface area contributed by atoms with E-state index in [1.807, 2.05) is 24.3 Å². The third-order valence-corrected chi connectivity index (χ3v) is 5.95. The van der Waals surface area contributed by atoms with Crippen LogP contribution in [-0.2, 0) is 17.9 Å². The number of carboxylic acid groups (broad SMARTS) is 1. The molecule has 5 heteroatoms. The van der Waals surface area contributed by atoms with Crippen molar-refractivity contribution >= 4 is 5.97 Å². The molecule has 3 unspecified atom stereocenters. The SMILES string of the molecule is O=C(O)C1CC2CCCCC2N1Cc1ccc(OCc2ccncc2)cc1. The molecule has 0 bridgehead atoms. The number of likely N-dealkylation sites (tertiary alicyclic amines) is 1. The van der Waals surface area contributed by atoms with Crippen LogP contribution in [0.1, 0.15) is 43.2 Å². The van der Waals surface area contributed by atoms with Crippen molar-refractivity contribution in [2.45, 2.75) is 57.3 Å². The molecule has 0 radical (unpaired) electrons. The van der Waals surface area contributed by atoms with E-state index >= 15 is 0 Å². The summed E-state index contributed by atoms with van der Waals surface area (Å²) in [5.74, 6) is 0.687. The Morgan fingerprint density at radius 3 is 2.56 bits per heavy atom. The third-order valence-electron chi connectivity index (χ3n) is 5.95. The molecule has 4 rings (SSSR count). The van der Waals surface area contributed by atoms with E-state index in [0.29, 0.717) is 25.1 Å². The fourth-order valence-electron chi connectivity index (χ4n) is 4.57. The molecule has 1 saturated carbocycles. The van der Waals surface area contributed by atoms with Crippen molar-refractivity contribution in [1.29, 1.82) is 0 Å². The summed E-state index contributed by atoms with van der Waals surface area (Å²) in [5.41, 5.74) is 2.22. The summed E-state index contributed by atoms with van der Waals surface area (Å²) in [6.45, 7) is 1.21. The van der Waals surface area contributed by atoms with Crippen LogP contribution in [0, 0.1) is 5.92 Å². The van der Waals surface area contributed by atoms with Gasteiger partial charge in [-0.05, 0) is 60.6 Å². The number of ether oxygens (including phenoxy) is 1. The largest absolute Gasteiger partial charge is 0.489 e. The number of pyridine rings is 1. The molecular formula is C22H26N2O3. The minimum absolute atomic E-state index is 0.347. The fraction of sp³-hybridized carbons (Fsp3) is 0.455. The molecule has 1 aromatic heterocycles. The van der Waals surface area contributed by atoms with E-state index in [1.165, 1.54) is 19.3 Å².